The summed E-state index contributed by atoms with van der Waals surface area (Å²) in [5.74, 6) is 2.83. The number of hydrogen-bond donors (Lipinski definition) is 1. The maximum atomic E-state index is 4.46. The largest absolute Gasteiger partial charge is 0.356 e. The number of nitrogens with zero attached hydrogens (tertiary/aromatic N) is 3. The Morgan fingerprint density at radius 3 is 2.38 bits per heavy atom. The van der Waals surface area contributed by atoms with E-state index in [4.69, 9.17) is 0 Å². The maximum Gasteiger partial charge on any atom is 0.193 e. The van der Waals surface area contributed by atoms with Gasteiger partial charge in [0.1, 0.15) is 0 Å². The summed E-state index contributed by atoms with van der Waals surface area (Å²) in [6.45, 7) is 16.6. The molecule has 2 rings (SSSR count). The van der Waals surface area contributed by atoms with Gasteiger partial charge < -0.3 is 15.1 Å². The monoisotopic (exact) mass is 450 g/mol. The van der Waals surface area contributed by atoms with E-state index in [1.54, 1.807) is 0 Å². The molecule has 0 aromatic heterocycles. The van der Waals surface area contributed by atoms with E-state index in [-0.39, 0.29) is 24.0 Å². The SMILES string of the molecule is CN=C(NCCCCN1CC(C)CC(C)C1)N1CCC(C)(C)C1.I. The molecular formula is C19H39IN4. The number of aliphatic imine (C=N–C) groups is 1. The standard InChI is InChI=1S/C19H38N4.HI/c1-16-12-17(2)14-22(13-16)10-7-6-9-21-18(20-5)23-11-8-19(3,4)15-23;/h16-17H,6-15H2,1-5H3,(H,20,21);1H. The van der Waals surface area contributed by atoms with Crippen molar-refractivity contribution >= 4 is 29.9 Å². The van der Waals surface area contributed by atoms with Crippen LogP contribution in [0.5, 0.6) is 0 Å². The molecule has 2 heterocycles. The summed E-state index contributed by atoms with van der Waals surface area (Å²) in [6.07, 6.45) is 5.18. The van der Waals surface area contributed by atoms with Crippen molar-refractivity contribution in [1.29, 1.82) is 0 Å². The van der Waals surface area contributed by atoms with Crippen LogP contribution in [0.4, 0.5) is 0 Å². The van der Waals surface area contributed by atoms with Crippen molar-refractivity contribution in [2.24, 2.45) is 22.2 Å². The molecule has 0 radical (unpaired) electrons. The fourth-order valence-electron chi connectivity index (χ4n) is 4.26. The molecule has 4 nitrogen and oxygen atoms in total. The predicted molar refractivity (Wildman–Crippen MR) is 115 cm³/mol. The summed E-state index contributed by atoms with van der Waals surface area (Å²) in [5.41, 5.74) is 0.430. The lowest BCUT2D eigenvalue weighted by Gasteiger charge is -2.35. The molecule has 0 spiro atoms. The lowest BCUT2D eigenvalue weighted by Crippen LogP contribution is -2.41. The maximum absolute atomic E-state index is 4.46. The molecule has 0 aromatic rings. The minimum absolute atomic E-state index is 0. The second-order valence-corrected chi connectivity index (χ2v) is 8.72. The van der Waals surface area contributed by atoms with Crippen molar-refractivity contribution in [2.75, 3.05) is 46.3 Å². The van der Waals surface area contributed by atoms with Crippen molar-refractivity contribution in [3.05, 3.63) is 0 Å². The Bertz CT molecular complexity index is 387. The van der Waals surface area contributed by atoms with Gasteiger partial charge >= 0.3 is 0 Å². The molecule has 0 bridgehead atoms. The zero-order valence-electron chi connectivity index (χ0n) is 16.5. The van der Waals surface area contributed by atoms with E-state index in [0.717, 1.165) is 37.4 Å². The molecule has 2 saturated heterocycles. The lowest BCUT2D eigenvalue weighted by atomic mass is 9.92. The third-order valence-corrected chi connectivity index (χ3v) is 5.32. The third kappa shape index (κ3) is 7.06. The molecule has 24 heavy (non-hydrogen) atoms. The topological polar surface area (TPSA) is 30.9 Å². The Hall–Kier alpha value is -0.0400. The minimum Gasteiger partial charge on any atom is -0.356 e. The van der Waals surface area contributed by atoms with Gasteiger partial charge in [-0.05, 0) is 49.5 Å². The number of unbranched alkanes of at least 4 members (excludes halogenated alkanes) is 1. The number of rotatable bonds is 5. The highest BCUT2D eigenvalue weighted by Crippen LogP contribution is 2.28. The molecule has 1 N–H and O–H groups in total. The van der Waals surface area contributed by atoms with Crippen molar-refractivity contribution < 1.29 is 0 Å². The molecule has 142 valence electrons. The van der Waals surface area contributed by atoms with Gasteiger partial charge in [0.2, 0.25) is 0 Å². The lowest BCUT2D eigenvalue weighted by molar-refractivity contribution is 0.139. The first-order valence-corrected chi connectivity index (χ1v) is 9.57. The highest BCUT2D eigenvalue weighted by atomic mass is 127. The fraction of sp³-hybridized carbons (Fsp3) is 0.947. The second-order valence-electron chi connectivity index (χ2n) is 8.72. The molecule has 2 aliphatic rings. The first-order valence-electron chi connectivity index (χ1n) is 9.57. The molecule has 0 aliphatic carbocycles. The number of guanidine groups is 1. The summed E-state index contributed by atoms with van der Waals surface area (Å²) < 4.78 is 0. The third-order valence-electron chi connectivity index (χ3n) is 5.32. The summed E-state index contributed by atoms with van der Waals surface area (Å²) in [5, 5.41) is 3.56. The van der Waals surface area contributed by atoms with Crippen LogP contribution < -0.4 is 5.32 Å². The molecular weight excluding hydrogens is 411 g/mol. The quantitative estimate of drug-likeness (QED) is 0.300. The number of nitrogens with one attached hydrogen (secondary N) is 1. The van der Waals surface area contributed by atoms with Crippen molar-refractivity contribution in [2.45, 2.75) is 53.4 Å². The van der Waals surface area contributed by atoms with Crippen molar-refractivity contribution in [3.8, 4) is 0 Å². The van der Waals surface area contributed by atoms with Gasteiger partial charge in [0.05, 0.1) is 0 Å². The van der Waals surface area contributed by atoms with Crippen LogP contribution in [-0.4, -0.2) is 62.1 Å². The van der Waals surface area contributed by atoms with Crippen molar-refractivity contribution in [3.63, 3.8) is 0 Å². The Kier molecular flexibility index (Phi) is 9.34. The average molecular weight is 450 g/mol. The zero-order chi connectivity index (χ0) is 16.9. The first-order chi connectivity index (χ1) is 10.9. The second kappa shape index (κ2) is 10.2. The van der Waals surface area contributed by atoms with Crippen LogP contribution in [0.25, 0.3) is 0 Å². The van der Waals surface area contributed by atoms with Crippen LogP contribution in [0.15, 0.2) is 4.99 Å². The van der Waals surface area contributed by atoms with Crippen molar-refractivity contribution in [1.82, 2.24) is 15.1 Å². The molecule has 2 aliphatic heterocycles. The Morgan fingerprint density at radius 1 is 1.17 bits per heavy atom. The predicted octanol–water partition coefficient (Wildman–Crippen LogP) is 3.67. The van der Waals surface area contributed by atoms with Crippen LogP contribution in [0.3, 0.4) is 0 Å². The molecule has 0 amide bonds. The Labute approximate surface area is 166 Å². The van der Waals surface area contributed by atoms with Gasteiger partial charge in [-0.25, -0.2) is 0 Å². The van der Waals surface area contributed by atoms with Crippen LogP contribution in [0.2, 0.25) is 0 Å². The van der Waals surface area contributed by atoms with Crippen LogP contribution in [0.1, 0.15) is 53.4 Å². The van der Waals surface area contributed by atoms with E-state index in [9.17, 15) is 0 Å². The van der Waals surface area contributed by atoms with Crippen LogP contribution >= 0.6 is 24.0 Å². The van der Waals surface area contributed by atoms with Gasteiger partial charge in [-0.1, -0.05) is 27.7 Å². The summed E-state index contributed by atoms with van der Waals surface area (Å²) in [4.78, 5) is 9.54. The van der Waals surface area contributed by atoms with E-state index in [1.165, 1.54) is 45.3 Å². The smallest absolute Gasteiger partial charge is 0.193 e. The van der Waals surface area contributed by atoms with E-state index in [1.807, 2.05) is 7.05 Å². The zero-order valence-corrected chi connectivity index (χ0v) is 18.8. The number of halogens is 1. The molecule has 5 heteroatoms. The first kappa shape index (κ1) is 22.0. The minimum atomic E-state index is 0. The summed E-state index contributed by atoms with van der Waals surface area (Å²) in [7, 11) is 1.91. The van der Waals surface area contributed by atoms with E-state index < -0.39 is 0 Å². The summed E-state index contributed by atoms with van der Waals surface area (Å²) >= 11 is 0. The molecule has 2 unspecified atom stereocenters. The molecule has 2 fully saturated rings. The molecule has 0 aromatic carbocycles. The average Bonchev–Trinajstić information content (AvgIpc) is 2.82. The van der Waals surface area contributed by atoms with Gasteiger partial charge in [-0.2, -0.15) is 0 Å². The van der Waals surface area contributed by atoms with E-state index in [0.29, 0.717) is 5.41 Å². The molecule has 0 saturated carbocycles. The van der Waals surface area contributed by atoms with Gasteiger partial charge in [0.15, 0.2) is 5.96 Å². The fourth-order valence-corrected chi connectivity index (χ4v) is 4.26. The van der Waals surface area contributed by atoms with E-state index >= 15 is 0 Å². The Balaban J connectivity index is 0.00000288. The van der Waals surface area contributed by atoms with Gasteiger partial charge in [-0.3, -0.25) is 4.99 Å². The Morgan fingerprint density at radius 2 is 1.83 bits per heavy atom. The molecule has 2 atom stereocenters. The van der Waals surface area contributed by atoms with Crippen LogP contribution in [0, 0.1) is 17.3 Å². The van der Waals surface area contributed by atoms with Gasteiger partial charge in [0.25, 0.3) is 0 Å². The number of hydrogen-bond acceptors (Lipinski definition) is 2. The summed E-state index contributed by atoms with van der Waals surface area (Å²) in [6, 6.07) is 0. The highest BCUT2D eigenvalue weighted by molar-refractivity contribution is 14.0. The van der Waals surface area contributed by atoms with Crippen LogP contribution in [-0.2, 0) is 0 Å². The highest BCUT2D eigenvalue weighted by Gasteiger charge is 2.30. The normalized spacial score (nSPS) is 27.9. The van der Waals surface area contributed by atoms with Gasteiger partial charge in [-0.15, -0.1) is 24.0 Å². The number of piperidine rings is 1. The number of likely N-dealkylation sites (tertiary alicyclic amines) is 2. The van der Waals surface area contributed by atoms with Gasteiger partial charge in [0, 0.05) is 39.8 Å². The van der Waals surface area contributed by atoms with E-state index in [2.05, 4.69) is 47.8 Å².